The van der Waals surface area contributed by atoms with Crippen molar-refractivity contribution in [3.05, 3.63) is 42.5 Å². The molecule has 88 valence electrons. The van der Waals surface area contributed by atoms with Gasteiger partial charge in [0.25, 0.3) is 0 Å². The van der Waals surface area contributed by atoms with Gasteiger partial charge in [-0.25, -0.2) is 0 Å². The molecule has 0 bridgehead atoms. The average Bonchev–Trinajstić information content (AvgIpc) is 2.33. The molecule has 3 nitrogen and oxygen atoms in total. The topological polar surface area (TPSA) is 61.3 Å². The van der Waals surface area contributed by atoms with Gasteiger partial charge in [0.2, 0.25) is 0 Å². The summed E-state index contributed by atoms with van der Waals surface area (Å²) in [7, 11) is 0. The molecule has 0 atom stereocenters. The van der Waals surface area contributed by atoms with Gasteiger partial charge >= 0.3 is 0 Å². The van der Waals surface area contributed by atoms with Gasteiger partial charge in [-0.1, -0.05) is 24.3 Å². The maximum Gasteiger partial charge on any atom is 0.142 e. The molecule has 0 aliphatic rings. The first kappa shape index (κ1) is 11.3. The van der Waals surface area contributed by atoms with E-state index in [9.17, 15) is 0 Å². The zero-order valence-electron chi connectivity index (χ0n) is 9.81. The third-order valence-corrected chi connectivity index (χ3v) is 2.58. The number of hydrogen-bond acceptors (Lipinski definition) is 3. The van der Waals surface area contributed by atoms with E-state index in [0.717, 1.165) is 16.8 Å². The standard InChI is InChI=1S/C14H16N2O/c1-2-17-14-8-7-10(9-13(14)16)11-5-3-4-6-12(11)15/h3-9H,2,15-16H2,1H3. The van der Waals surface area contributed by atoms with E-state index >= 15 is 0 Å². The Labute approximate surface area is 101 Å². The van der Waals surface area contributed by atoms with Crippen LogP contribution in [0.1, 0.15) is 6.92 Å². The zero-order chi connectivity index (χ0) is 12.3. The van der Waals surface area contributed by atoms with Crippen LogP contribution < -0.4 is 16.2 Å². The maximum atomic E-state index is 5.93. The predicted molar refractivity (Wildman–Crippen MR) is 71.9 cm³/mol. The van der Waals surface area contributed by atoms with E-state index in [1.807, 2.05) is 49.4 Å². The molecule has 0 aromatic heterocycles. The SMILES string of the molecule is CCOc1ccc(-c2ccccc2N)cc1N. The third-order valence-electron chi connectivity index (χ3n) is 2.58. The molecule has 0 fully saturated rings. The lowest BCUT2D eigenvalue weighted by atomic mass is 10.0. The molecule has 3 heteroatoms. The van der Waals surface area contributed by atoms with Gasteiger partial charge in [-0.2, -0.15) is 0 Å². The summed E-state index contributed by atoms with van der Waals surface area (Å²) in [6.45, 7) is 2.54. The van der Waals surface area contributed by atoms with Gasteiger partial charge < -0.3 is 16.2 Å². The molecule has 2 aromatic rings. The van der Waals surface area contributed by atoms with Crippen LogP contribution >= 0.6 is 0 Å². The molecule has 0 heterocycles. The van der Waals surface area contributed by atoms with E-state index in [-0.39, 0.29) is 0 Å². The molecule has 0 saturated heterocycles. The number of hydrogen-bond donors (Lipinski definition) is 2. The van der Waals surface area contributed by atoms with Gasteiger partial charge in [0, 0.05) is 11.3 Å². The van der Waals surface area contributed by atoms with Crippen LogP contribution in [-0.2, 0) is 0 Å². The largest absolute Gasteiger partial charge is 0.492 e. The number of nitrogens with two attached hydrogens (primary N) is 2. The lowest BCUT2D eigenvalue weighted by Crippen LogP contribution is -1.97. The summed E-state index contributed by atoms with van der Waals surface area (Å²) in [5.41, 5.74) is 15.2. The summed E-state index contributed by atoms with van der Waals surface area (Å²) in [5, 5.41) is 0. The van der Waals surface area contributed by atoms with Gasteiger partial charge in [-0.15, -0.1) is 0 Å². The smallest absolute Gasteiger partial charge is 0.142 e. The molecule has 2 aromatic carbocycles. The van der Waals surface area contributed by atoms with Crippen LogP contribution in [0.5, 0.6) is 5.75 Å². The quantitative estimate of drug-likeness (QED) is 0.794. The average molecular weight is 228 g/mol. The van der Waals surface area contributed by atoms with Crippen molar-refractivity contribution in [2.45, 2.75) is 6.92 Å². The molecule has 17 heavy (non-hydrogen) atoms. The Morgan fingerprint density at radius 2 is 1.76 bits per heavy atom. The fourth-order valence-corrected chi connectivity index (χ4v) is 1.76. The van der Waals surface area contributed by atoms with Crippen LogP contribution in [0.25, 0.3) is 11.1 Å². The molecule has 0 saturated carbocycles. The summed E-state index contributed by atoms with van der Waals surface area (Å²) in [4.78, 5) is 0. The molecule has 0 radical (unpaired) electrons. The monoisotopic (exact) mass is 228 g/mol. The highest BCUT2D eigenvalue weighted by molar-refractivity contribution is 5.79. The van der Waals surface area contributed by atoms with Crippen LogP contribution in [0, 0.1) is 0 Å². The van der Waals surface area contributed by atoms with E-state index < -0.39 is 0 Å². The zero-order valence-corrected chi connectivity index (χ0v) is 9.81. The summed E-state index contributed by atoms with van der Waals surface area (Å²) < 4.78 is 5.40. The first-order chi connectivity index (χ1) is 8.22. The molecule has 0 aliphatic carbocycles. The summed E-state index contributed by atoms with van der Waals surface area (Å²) in [6, 6.07) is 13.5. The first-order valence-corrected chi connectivity index (χ1v) is 5.59. The van der Waals surface area contributed by atoms with E-state index in [1.165, 1.54) is 0 Å². The van der Waals surface area contributed by atoms with Gasteiger partial charge in [0.15, 0.2) is 0 Å². The van der Waals surface area contributed by atoms with Crippen molar-refractivity contribution < 1.29 is 4.74 Å². The Hall–Kier alpha value is -2.16. The molecule has 0 spiro atoms. The fourth-order valence-electron chi connectivity index (χ4n) is 1.76. The van der Waals surface area contributed by atoms with Crippen LogP contribution in [0.2, 0.25) is 0 Å². The number of benzene rings is 2. The van der Waals surface area contributed by atoms with Crippen LogP contribution in [0.15, 0.2) is 42.5 Å². The molecule has 4 N–H and O–H groups in total. The van der Waals surface area contributed by atoms with Crippen molar-refractivity contribution in [3.8, 4) is 16.9 Å². The minimum atomic E-state index is 0.608. The van der Waals surface area contributed by atoms with Crippen molar-refractivity contribution >= 4 is 11.4 Å². The van der Waals surface area contributed by atoms with Crippen LogP contribution in [0.4, 0.5) is 11.4 Å². The van der Waals surface area contributed by atoms with E-state index in [2.05, 4.69) is 0 Å². The minimum absolute atomic E-state index is 0.608. The van der Waals surface area contributed by atoms with Crippen molar-refractivity contribution in [1.29, 1.82) is 0 Å². The Kier molecular flexibility index (Phi) is 3.19. The summed E-state index contributed by atoms with van der Waals surface area (Å²) in [6.07, 6.45) is 0. The van der Waals surface area contributed by atoms with Crippen molar-refractivity contribution in [3.63, 3.8) is 0 Å². The van der Waals surface area contributed by atoms with Crippen LogP contribution in [-0.4, -0.2) is 6.61 Å². The van der Waals surface area contributed by atoms with Gasteiger partial charge in [0.1, 0.15) is 5.75 Å². The van der Waals surface area contributed by atoms with E-state index in [4.69, 9.17) is 16.2 Å². The molecular weight excluding hydrogens is 212 g/mol. The number of para-hydroxylation sites is 1. The second-order valence-corrected chi connectivity index (χ2v) is 3.77. The highest BCUT2D eigenvalue weighted by Gasteiger charge is 2.05. The number of rotatable bonds is 3. The normalized spacial score (nSPS) is 10.2. The van der Waals surface area contributed by atoms with Crippen molar-refractivity contribution in [2.75, 3.05) is 18.1 Å². The van der Waals surface area contributed by atoms with Gasteiger partial charge in [-0.3, -0.25) is 0 Å². The fraction of sp³-hybridized carbons (Fsp3) is 0.143. The van der Waals surface area contributed by atoms with Gasteiger partial charge in [0.05, 0.1) is 12.3 Å². The van der Waals surface area contributed by atoms with E-state index in [0.29, 0.717) is 18.0 Å². The highest BCUT2D eigenvalue weighted by Crippen LogP contribution is 2.31. The third kappa shape index (κ3) is 2.33. The predicted octanol–water partition coefficient (Wildman–Crippen LogP) is 2.92. The highest BCUT2D eigenvalue weighted by atomic mass is 16.5. The second kappa shape index (κ2) is 4.78. The Bertz CT molecular complexity index is 523. The van der Waals surface area contributed by atoms with Crippen molar-refractivity contribution in [2.24, 2.45) is 0 Å². The minimum Gasteiger partial charge on any atom is -0.492 e. The number of nitrogen functional groups attached to an aromatic ring is 2. The van der Waals surface area contributed by atoms with E-state index in [1.54, 1.807) is 0 Å². The lowest BCUT2D eigenvalue weighted by Gasteiger charge is -2.10. The Morgan fingerprint density at radius 1 is 1.00 bits per heavy atom. The Morgan fingerprint density at radius 3 is 2.41 bits per heavy atom. The maximum absolute atomic E-state index is 5.93. The van der Waals surface area contributed by atoms with Crippen LogP contribution in [0.3, 0.4) is 0 Å². The number of ether oxygens (including phenoxy) is 1. The summed E-state index contributed by atoms with van der Waals surface area (Å²) in [5.74, 6) is 0.714. The number of anilines is 2. The second-order valence-electron chi connectivity index (χ2n) is 3.77. The molecule has 2 rings (SSSR count). The molecular formula is C14H16N2O. The van der Waals surface area contributed by atoms with Crippen molar-refractivity contribution in [1.82, 2.24) is 0 Å². The molecule has 0 aliphatic heterocycles. The summed E-state index contributed by atoms with van der Waals surface area (Å²) >= 11 is 0. The lowest BCUT2D eigenvalue weighted by molar-refractivity contribution is 0.342. The van der Waals surface area contributed by atoms with Gasteiger partial charge in [-0.05, 0) is 30.7 Å². The molecule has 0 unspecified atom stereocenters. The molecule has 0 amide bonds. The first-order valence-electron chi connectivity index (χ1n) is 5.59. The Balaban J connectivity index is 2.41.